The molecule has 118 valence electrons. The summed E-state index contributed by atoms with van der Waals surface area (Å²) >= 11 is 0. The van der Waals surface area contributed by atoms with Crippen molar-refractivity contribution in [3.05, 3.63) is 65.7 Å². The van der Waals surface area contributed by atoms with Crippen molar-refractivity contribution in [2.24, 2.45) is 5.92 Å². The van der Waals surface area contributed by atoms with Gasteiger partial charge < -0.3 is 9.64 Å². The normalized spacial score (nSPS) is 29.7. The highest BCUT2D eigenvalue weighted by Gasteiger charge is 2.52. The first-order chi connectivity index (χ1) is 11.4. The van der Waals surface area contributed by atoms with Crippen LogP contribution in [0.3, 0.4) is 0 Å². The van der Waals surface area contributed by atoms with Crippen LogP contribution in [-0.2, 0) is 5.60 Å². The van der Waals surface area contributed by atoms with E-state index in [0.29, 0.717) is 5.92 Å². The third kappa shape index (κ3) is 2.20. The van der Waals surface area contributed by atoms with Gasteiger partial charge in [-0.05, 0) is 30.4 Å². The molecule has 0 aromatic heterocycles. The molecular weight excluding hydrogens is 282 g/mol. The largest absolute Gasteiger partial charge is 0.482 e. The molecule has 1 saturated heterocycles. The van der Waals surface area contributed by atoms with E-state index in [1.165, 1.54) is 30.5 Å². The summed E-state index contributed by atoms with van der Waals surface area (Å²) in [4.78, 5) is 2.68. The Kier molecular flexibility index (Phi) is 3.02. The minimum absolute atomic E-state index is 0.162. The van der Waals surface area contributed by atoms with Crippen LogP contribution in [0.5, 0.6) is 5.75 Å². The molecule has 0 amide bonds. The van der Waals surface area contributed by atoms with Crippen LogP contribution in [-0.4, -0.2) is 24.5 Å². The molecule has 0 radical (unpaired) electrons. The second-order valence-electron chi connectivity index (χ2n) is 7.40. The van der Waals surface area contributed by atoms with Crippen LogP contribution in [0.1, 0.15) is 36.3 Å². The summed E-state index contributed by atoms with van der Waals surface area (Å²) in [5.41, 5.74) is 2.58. The molecule has 2 unspecified atom stereocenters. The average molecular weight is 305 g/mol. The number of nitrogens with zero attached hydrogens (tertiary/aromatic N) is 1. The fourth-order valence-electron chi connectivity index (χ4n) is 4.48. The van der Waals surface area contributed by atoms with Gasteiger partial charge in [0.2, 0.25) is 0 Å². The van der Waals surface area contributed by atoms with E-state index in [1.54, 1.807) is 0 Å². The van der Waals surface area contributed by atoms with Crippen LogP contribution in [0.15, 0.2) is 54.6 Å². The fourth-order valence-corrected chi connectivity index (χ4v) is 4.48. The minimum Gasteiger partial charge on any atom is -0.482 e. The number of ether oxygens (including phenoxy) is 1. The predicted octanol–water partition coefficient (Wildman–Crippen LogP) is 4.17. The van der Waals surface area contributed by atoms with Crippen LogP contribution in [0.4, 0.5) is 0 Å². The fraction of sp³-hybridized carbons (Fsp3) is 0.429. The molecule has 2 atom stereocenters. The summed E-state index contributed by atoms with van der Waals surface area (Å²) in [5, 5.41) is 0. The van der Waals surface area contributed by atoms with Crippen molar-refractivity contribution >= 4 is 0 Å². The van der Waals surface area contributed by atoms with Gasteiger partial charge in [-0.25, -0.2) is 0 Å². The topological polar surface area (TPSA) is 12.5 Å². The molecule has 5 rings (SSSR count). The van der Waals surface area contributed by atoms with Gasteiger partial charge in [0.25, 0.3) is 0 Å². The zero-order valence-corrected chi connectivity index (χ0v) is 13.4. The number of hydrogen-bond donors (Lipinski definition) is 0. The number of likely N-dealkylation sites (tertiary alicyclic amines) is 1. The Balaban J connectivity index is 1.54. The van der Waals surface area contributed by atoms with Gasteiger partial charge in [-0.2, -0.15) is 0 Å². The third-order valence-electron chi connectivity index (χ3n) is 5.87. The molecule has 3 aliphatic rings. The number of rotatable bonds is 3. The summed E-state index contributed by atoms with van der Waals surface area (Å²) in [6.07, 6.45) is 3.94. The van der Waals surface area contributed by atoms with E-state index >= 15 is 0 Å². The average Bonchev–Trinajstić information content (AvgIpc) is 3.35. The van der Waals surface area contributed by atoms with Gasteiger partial charge in [-0.15, -0.1) is 0 Å². The maximum atomic E-state index is 6.63. The summed E-state index contributed by atoms with van der Waals surface area (Å²) < 4.78 is 6.63. The lowest BCUT2D eigenvalue weighted by Crippen LogP contribution is -2.49. The summed E-state index contributed by atoms with van der Waals surface area (Å²) in [6.45, 7) is 3.56. The van der Waals surface area contributed by atoms with E-state index in [2.05, 4.69) is 59.5 Å². The van der Waals surface area contributed by atoms with Crippen molar-refractivity contribution in [2.75, 3.05) is 19.6 Å². The minimum atomic E-state index is -0.162. The Morgan fingerprint density at radius 2 is 1.78 bits per heavy atom. The SMILES string of the molecule is c1ccc(C23CCN(CC4CC4)CC2c2ccccc2O3)cc1. The lowest BCUT2D eigenvalue weighted by molar-refractivity contribution is -0.00135. The molecule has 0 spiro atoms. The molecule has 1 saturated carbocycles. The molecular formula is C21H23NO. The number of piperidine rings is 1. The zero-order chi connectivity index (χ0) is 15.3. The molecule has 1 aliphatic carbocycles. The third-order valence-corrected chi connectivity index (χ3v) is 5.87. The standard InChI is InChI=1S/C21H23NO/c1-2-6-17(7-3-1)21-12-13-22(14-16-10-11-16)15-19(21)18-8-4-5-9-20(18)23-21/h1-9,16,19H,10-15H2. The van der Waals surface area contributed by atoms with E-state index in [9.17, 15) is 0 Å². The van der Waals surface area contributed by atoms with Crippen LogP contribution in [0, 0.1) is 5.92 Å². The number of hydrogen-bond acceptors (Lipinski definition) is 2. The number of para-hydroxylation sites is 1. The molecule has 2 heterocycles. The lowest BCUT2D eigenvalue weighted by atomic mass is 9.74. The van der Waals surface area contributed by atoms with Gasteiger partial charge in [0.05, 0.1) is 0 Å². The second-order valence-corrected chi connectivity index (χ2v) is 7.40. The molecule has 2 aromatic rings. The van der Waals surface area contributed by atoms with Crippen molar-refractivity contribution in [3.8, 4) is 5.75 Å². The smallest absolute Gasteiger partial charge is 0.143 e. The second kappa shape index (κ2) is 5.10. The monoisotopic (exact) mass is 305 g/mol. The lowest BCUT2D eigenvalue weighted by Gasteiger charge is -2.43. The van der Waals surface area contributed by atoms with E-state index in [1.807, 2.05) is 0 Å². The predicted molar refractivity (Wildman–Crippen MR) is 91.7 cm³/mol. The van der Waals surface area contributed by atoms with Crippen molar-refractivity contribution in [3.63, 3.8) is 0 Å². The van der Waals surface area contributed by atoms with Gasteiger partial charge in [-0.3, -0.25) is 0 Å². The Labute approximate surface area is 138 Å². The van der Waals surface area contributed by atoms with E-state index in [4.69, 9.17) is 4.74 Å². The van der Waals surface area contributed by atoms with Crippen LogP contribution >= 0.6 is 0 Å². The maximum Gasteiger partial charge on any atom is 0.143 e. The summed E-state index contributed by atoms with van der Waals surface area (Å²) in [6, 6.07) is 19.5. The Morgan fingerprint density at radius 1 is 1.00 bits per heavy atom. The molecule has 0 N–H and O–H groups in total. The van der Waals surface area contributed by atoms with Crippen molar-refractivity contribution in [1.29, 1.82) is 0 Å². The van der Waals surface area contributed by atoms with Crippen molar-refractivity contribution in [1.82, 2.24) is 4.90 Å². The first kappa shape index (κ1) is 13.6. The van der Waals surface area contributed by atoms with Gasteiger partial charge in [0.15, 0.2) is 0 Å². The van der Waals surface area contributed by atoms with Crippen LogP contribution < -0.4 is 4.74 Å². The Morgan fingerprint density at radius 3 is 2.61 bits per heavy atom. The van der Waals surface area contributed by atoms with E-state index < -0.39 is 0 Å². The highest BCUT2D eigenvalue weighted by atomic mass is 16.5. The first-order valence-electron chi connectivity index (χ1n) is 8.91. The number of fused-ring (bicyclic) bond motifs is 3. The molecule has 2 aromatic carbocycles. The van der Waals surface area contributed by atoms with Gasteiger partial charge in [0, 0.05) is 37.5 Å². The van der Waals surface area contributed by atoms with Crippen LogP contribution in [0.2, 0.25) is 0 Å². The highest BCUT2D eigenvalue weighted by Crippen LogP contribution is 2.54. The molecule has 2 fully saturated rings. The molecule has 2 heteroatoms. The molecule has 0 bridgehead atoms. The summed E-state index contributed by atoms with van der Waals surface area (Å²) in [7, 11) is 0. The van der Waals surface area contributed by atoms with E-state index in [0.717, 1.165) is 31.2 Å². The number of benzene rings is 2. The highest BCUT2D eigenvalue weighted by molar-refractivity contribution is 5.47. The van der Waals surface area contributed by atoms with Crippen molar-refractivity contribution < 1.29 is 4.74 Å². The Hall–Kier alpha value is -1.80. The van der Waals surface area contributed by atoms with Crippen LogP contribution in [0.25, 0.3) is 0 Å². The van der Waals surface area contributed by atoms with E-state index in [-0.39, 0.29) is 5.60 Å². The zero-order valence-electron chi connectivity index (χ0n) is 13.4. The molecule has 2 nitrogen and oxygen atoms in total. The van der Waals surface area contributed by atoms with Crippen molar-refractivity contribution in [2.45, 2.75) is 30.8 Å². The van der Waals surface area contributed by atoms with Gasteiger partial charge in [0.1, 0.15) is 11.4 Å². The Bertz CT molecular complexity index is 709. The molecule has 2 aliphatic heterocycles. The quantitative estimate of drug-likeness (QED) is 0.843. The maximum absolute atomic E-state index is 6.63. The van der Waals surface area contributed by atoms with Gasteiger partial charge >= 0.3 is 0 Å². The first-order valence-corrected chi connectivity index (χ1v) is 8.91. The van der Waals surface area contributed by atoms with Gasteiger partial charge in [-0.1, -0.05) is 48.5 Å². The molecule has 23 heavy (non-hydrogen) atoms. The summed E-state index contributed by atoms with van der Waals surface area (Å²) in [5.74, 6) is 2.50.